The Kier molecular flexibility index (Phi) is 5.31. The predicted octanol–water partition coefficient (Wildman–Crippen LogP) is 3.29. The van der Waals surface area contributed by atoms with Crippen LogP contribution in [0, 0.1) is 13.8 Å². The second kappa shape index (κ2) is 6.98. The van der Waals surface area contributed by atoms with Crippen molar-refractivity contribution in [2.75, 3.05) is 11.3 Å². The van der Waals surface area contributed by atoms with Crippen molar-refractivity contribution in [3.05, 3.63) is 40.8 Å². The fourth-order valence-electron chi connectivity index (χ4n) is 2.02. The van der Waals surface area contributed by atoms with Gasteiger partial charge >= 0.3 is 27.4 Å². The maximum absolute atomic E-state index is 12.7. The highest BCUT2D eigenvalue weighted by Gasteiger charge is 2.31. The zero-order chi connectivity index (χ0) is 19.7. The number of ether oxygens (including phenoxy) is 1. The molecule has 0 radical (unpaired) electrons. The number of anilines is 1. The Morgan fingerprint density at radius 3 is 2.50 bits per heavy atom. The summed E-state index contributed by atoms with van der Waals surface area (Å²) in [6, 6.07) is 2.54. The smallest absolute Gasteiger partial charge is 0.416 e. The number of benzene rings is 1. The lowest BCUT2D eigenvalue weighted by Crippen LogP contribution is -2.15. The summed E-state index contributed by atoms with van der Waals surface area (Å²) in [5, 5.41) is -0.794. The maximum atomic E-state index is 12.7. The van der Waals surface area contributed by atoms with E-state index in [4.69, 9.17) is 9.15 Å². The van der Waals surface area contributed by atoms with Crippen LogP contribution in [0.25, 0.3) is 0 Å². The first kappa shape index (κ1) is 19.8. The van der Waals surface area contributed by atoms with Gasteiger partial charge in [-0.1, -0.05) is 0 Å². The first-order chi connectivity index (χ1) is 12.0. The number of aryl methyl sites for hydroxylation is 2. The number of esters is 1. The summed E-state index contributed by atoms with van der Waals surface area (Å²) in [6.07, 6.45) is -4.55. The third kappa shape index (κ3) is 4.15. The van der Waals surface area contributed by atoms with E-state index in [-0.39, 0.29) is 29.3 Å². The Labute approximate surface area is 147 Å². The van der Waals surface area contributed by atoms with Crippen molar-refractivity contribution in [2.45, 2.75) is 32.2 Å². The number of hydrogen-bond acceptors (Lipinski definition) is 6. The van der Waals surface area contributed by atoms with Gasteiger partial charge in [-0.15, -0.1) is 0 Å². The maximum Gasteiger partial charge on any atom is 0.416 e. The quantitative estimate of drug-likeness (QED) is 0.784. The van der Waals surface area contributed by atoms with E-state index < -0.39 is 33.0 Å². The molecule has 11 heteroatoms. The lowest BCUT2D eigenvalue weighted by molar-refractivity contribution is -0.137. The number of hydrogen-bond donors (Lipinski definition) is 1. The van der Waals surface area contributed by atoms with Crippen molar-refractivity contribution in [1.29, 1.82) is 0 Å². The van der Waals surface area contributed by atoms with E-state index in [1.54, 1.807) is 6.92 Å². The van der Waals surface area contributed by atoms with Gasteiger partial charge in [0.1, 0.15) is 0 Å². The number of carbonyl (C=O) groups is 1. The minimum absolute atomic E-state index is 0.00738. The molecule has 0 aliphatic rings. The van der Waals surface area contributed by atoms with Crippen molar-refractivity contribution in [3.8, 4) is 0 Å². The number of carbonyl (C=O) groups excluding carboxylic acids is 1. The fourth-order valence-corrected chi connectivity index (χ4v) is 3.07. The van der Waals surface area contributed by atoms with Crippen LogP contribution in [0.2, 0.25) is 0 Å². The summed E-state index contributed by atoms with van der Waals surface area (Å²) in [6.45, 7) is 4.30. The average molecular weight is 392 g/mol. The highest BCUT2D eigenvalue weighted by molar-refractivity contribution is 7.92. The molecule has 0 unspecified atom stereocenters. The standard InChI is InChI=1S/C15H15F3N2O5S/c1-4-24-13(21)12-9(3)19-14(25-12)26(22,23)20-11-6-5-10(7-8(11)2)15(16,17)18/h5-7,20H,4H2,1-3H3. The largest absolute Gasteiger partial charge is 0.460 e. The first-order valence-electron chi connectivity index (χ1n) is 7.31. The second-order valence-electron chi connectivity index (χ2n) is 5.25. The van der Waals surface area contributed by atoms with Crippen molar-refractivity contribution in [1.82, 2.24) is 4.98 Å². The lowest BCUT2D eigenvalue weighted by Gasteiger charge is -2.12. The van der Waals surface area contributed by atoms with Crippen LogP contribution in [0.5, 0.6) is 0 Å². The molecule has 0 atom stereocenters. The number of alkyl halides is 3. The van der Waals surface area contributed by atoms with Gasteiger partial charge in [-0.3, -0.25) is 4.72 Å². The number of aromatic nitrogens is 1. The molecular weight excluding hydrogens is 377 g/mol. The van der Waals surface area contributed by atoms with Crippen LogP contribution in [0.1, 0.15) is 34.3 Å². The lowest BCUT2D eigenvalue weighted by atomic mass is 10.1. The number of sulfonamides is 1. The molecule has 0 saturated carbocycles. The monoisotopic (exact) mass is 392 g/mol. The molecule has 0 fully saturated rings. The van der Waals surface area contributed by atoms with E-state index in [2.05, 4.69) is 9.71 Å². The molecule has 1 aromatic heterocycles. The van der Waals surface area contributed by atoms with E-state index in [9.17, 15) is 26.4 Å². The summed E-state index contributed by atoms with van der Waals surface area (Å²) >= 11 is 0. The van der Waals surface area contributed by atoms with Gasteiger partial charge < -0.3 is 9.15 Å². The molecular formula is C15H15F3N2O5S. The zero-order valence-electron chi connectivity index (χ0n) is 14.0. The number of halogens is 3. The fraction of sp³-hybridized carbons (Fsp3) is 0.333. The summed E-state index contributed by atoms with van der Waals surface area (Å²) in [4.78, 5) is 15.3. The summed E-state index contributed by atoms with van der Waals surface area (Å²) in [5.74, 6) is -1.24. The third-order valence-electron chi connectivity index (χ3n) is 3.27. The minimum Gasteiger partial charge on any atom is -0.460 e. The van der Waals surface area contributed by atoms with Crippen molar-refractivity contribution < 1.29 is 35.5 Å². The van der Waals surface area contributed by atoms with Crippen LogP contribution < -0.4 is 4.72 Å². The van der Waals surface area contributed by atoms with Crippen LogP contribution in [-0.2, 0) is 20.9 Å². The van der Waals surface area contributed by atoms with Gasteiger partial charge in [0.05, 0.1) is 23.6 Å². The molecule has 0 aliphatic heterocycles. The van der Waals surface area contributed by atoms with Crippen molar-refractivity contribution in [2.24, 2.45) is 0 Å². The molecule has 0 bridgehead atoms. The molecule has 1 N–H and O–H groups in total. The van der Waals surface area contributed by atoms with E-state index >= 15 is 0 Å². The number of nitrogens with one attached hydrogen (secondary N) is 1. The van der Waals surface area contributed by atoms with Crippen molar-refractivity contribution >= 4 is 21.7 Å². The highest BCUT2D eigenvalue weighted by atomic mass is 32.2. The van der Waals surface area contributed by atoms with Crippen LogP contribution in [0.3, 0.4) is 0 Å². The SMILES string of the molecule is CCOC(=O)c1oc(S(=O)(=O)Nc2ccc(C(F)(F)F)cc2C)nc1C. The molecule has 0 saturated heterocycles. The molecule has 142 valence electrons. The van der Waals surface area contributed by atoms with Gasteiger partial charge in [-0.25, -0.2) is 9.78 Å². The minimum atomic E-state index is -4.55. The van der Waals surface area contributed by atoms with E-state index in [0.717, 1.165) is 18.2 Å². The first-order valence-corrected chi connectivity index (χ1v) is 8.79. The number of nitrogens with zero attached hydrogens (tertiary/aromatic N) is 1. The highest BCUT2D eigenvalue weighted by Crippen LogP contribution is 2.32. The van der Waals surface area contributed by atoms with E-state index in [1.165, 1.54) is 13.8 Å². The van der Waals surface area contributed by atoms with Gasteiger partial charge in [0.2, 0.25) is 5.76 Å². The predicted molar refractivity (Wildman–Crippen MR) is 84.2 cm³/mol. The van der Waals surface area contributed by atoms with E-state index in [1.807, 2.05) is 0 Å². The zero-order valence-corrected chi connectivity index (χ0v) is 14.8. The Balaban J connectivity index is 2.32. The van der Waals surface area contributed by atoms with Crippen LogP contribution >= 0.6 is 0 Å². The topological polar surface area (TPSA) is 98.5 Å². The molecule has 1 aromatic carbocycles. The summed E-state index contributed by atoms with van der Waals surface area (Å²) < 4.78 is 74.5. The molecule has 2 aromatic rings. The van der Waals surface area contributed by atoms with Gasteiger partial charge in [-0.2, -0.15) is 21.6 Å². The summed E-state index contributed by atoms with van der Waals surface area (Å²) in [7, 11) is -4.35. The van der Waals surface area contributed by atoms with Gasteiger partial charge in [0, 0.05) is 0 Å². The molecule has 2 rings (SSSR count). The Hall–Kier alpha value is -2.56. The molecule has 0 aliphatic carbocycles. The Morgan fingerprint density at radius 2 is 1.96 bits per heavy atom. The molecule has 0 amide bonds. The number of rotatable bonds is 5. The molecule has 26 heavy (non-hydrogen) atoms. The molecule has 0 spiro atoms. The third-order valence-corrected chi connectivity index (χ3v) is 4.39. The van der Waals surface area contributed by atoms with Crippen LogP contribution in [0.15, 0.2) is 27.8 Å². The van der Waals surface area contributed by atoms with E-state index in [0.29, 0.717) is 0 Å². The normalized spacial score (nSPS) is 12.1. The summed E-state index contributed by atoms with van der Waals surface area (Å²) in [5.41, 5.74) is -0.925. The molecule has 1 heterocycles. The van der Waals surface area contributed by atoms with Gasteiger partial charge in [0.25, 0.3) is 0 Å². The van der Waals surface area contributed by atoms with Gasteiger partial charge in [0.15, 0.2) is 0 Å². The Morgan fingerprint density at radius 1 is 1.31 bits per heavy atom. The average Bonchev–Trinajstić information content (AvgIpc) is 2.91. The second-order valence-corrected chi connectivity index (χ2v) is 6.81. The van der Waals surface area contributed by atoms with Gasteiger partial charge in [-0.05, 0) is 44.5 Å². The van der Waals surface area contributed by atoms with Crippen LogP contribution in [0.4, 0.5) is 18.9 Å². The van der Waals surface area contributed by atoms with Crippen LogP contribution in [-0.4, -0.2) is 26.0 Å². The van der Waals surface area contributed by atoms with Crippen molar-refractivity contribution in [3.63, 3.8) is 0 Å². The number of oxazole rings is 1. The Bertz CT molecular complexity index is 935. The molecule has 7 nitrogen and oxygen atoms in total.